The Hall–Kier alpha value is -1.86. The third-order valence-electron chi connectivity index (χ3n) is 5.97. The second-order valence-corrected chi connectivity index (χ2v) is 14.5. The van der Waals surface area contributed by atoms with Gasteiger partial charge < -0.3 is 18.8 Å². The Balaban J connectivity index is 1.97. The Morgan fingerprint density at radius 3 is 2.43 bits per heavy atom. The molecule has 0 saturated carbocycles. The highest BCUT2D eigenvalue weighted by atomic mass is 28.4. The highest BCUT2D eigenvalue weighted by Gasteiger charge is 2.39. The van der Waals surface area contributed by atoms with E-state index in [0.29, 0.717) is 31.7 Å². The van der Waals surface area contributed by atoms with Crippen LogP contribution in [0, 0.1) is 0 Å². The third-order valence-corrected chi connectivity index (χ3v) is 10.5. The summed E-state index contributed by atoms with van der Waals surface area (Å²) in [6.45, 7) is 16.3. The minimum atomic E-state index is -1.88. The molecule has 0 bridgehead atoms. The van der Waals surface area contributed by atoms with Gasteiger partial charge in [0.25, 0.3) is 0 Å². The lowest BCUT2D eigenvalue weighted by Crippen LogP contribution is -2.51. The number of hydrogen-bond donors (Lipinski definition) is 0. The van der Waals surface area contributed by atoms with Crippen molar-refractivity contribution in [3.05, 3.63) is 35.4 Å². The van der Waals surface area contributed by atoms with Crippen molar-refractivity contribution in [3.63, 3.8) is 0 Å². The molecule has 0 radical (unpaired) electrons. The second-order valence-electron chi connectivity index (χ2n) is 9.72. The summed E-state index contributed by atoms with van der Waals surface area (Å²) in [6, 6.07) is 7.39. The predicted molar refractivity (Wildman–Crippen MR) is 120 cm³/mol. The van der Waals surface area contributed by atoms with Gasteiger partial charge in [-0.3, -0.25) is 0 Å². The van der Waals surface area contributed by atoms with Gasteiger partial charge in [-0.2, -0.15) is 0 Å². The fourth-order valence-corrected chi connectivity index (χ4v) is 4.02. The molecule has 168 valence electrons. The van der Waals surface area contributed by atoms with E-state index in [1.807, 2.05) is 26.0 Å². The van der Waals surface area contributed by atoms with Crippen molar-refractivity contribution in [3.8, 4) is 0 Å². The van der Waals surface area contributed by atoms with Crippen molar-refractivity contribution in [2.24, 2.45) is 0 Å². The lowest BCUT2D eigenvalue weighted by Gasteiger charge is -2.40. The minimum Gasteiger partial charge on any atom is -0.459 e. The van der Waals surface area contributed by atoms with Crippen LogP contribution in [-0.4, -0.2) is 57.2 Å². The van der Waals surface area contributed by atoms with Crippen molar-refractivity contribution < 1.29 is 23.5 Å². The van der Waals surface area contributed by atoms with Crippen LogP contribution in [0.1, 0.15) is 57.0 Å². The molecule has 2 rings (SSSR count). The summed E-state index contributed by atoms with van der Waals surface area (Å²) < 4.78 is 16.9. The van der Waals surface area contributed by atoms with E-state index in [1.165, 1.54) is 0 Å². The molecule has 0 aromatic heterocycles. The highest BCUT2D eigenvalue weighted by molar-refractivity contribution is 6.74. The summed E-state index contributed by atoms with van der Waals surface area (Å²) in [7, 11) is -1.88. The molecule has 0 aliphatic carbocycles. The van der Waals surface area contributed by atoms with E-state index in [0.717, 1.165) is 12.0 Å². The van der Waals surface area contributed by atoms with Gasteiger partial charge in [0.15, 0.2) is 8.32 Å². The first kappa shape index (κ1) is 24.4. The lowest BCUT2D eigenvalue weighted by molar-refractivity contribution is 0.0276. The van der Waals surface area contributed by atoms with Gasteiger partial charge in [-0.25, -0.2) is 9.59 Å². The molecular weight excluding hydrogens is 398 g/mol. The molecule has 0 unspecified atom stereocenters. The van der Waals surface area contributed by atoms with Crippen molar-refractivity contribution >= 4 is 20.4 Å². The van der Waals surface area contributed by atoms with Gasteiger partial charge in [0, 0.05) is 13.0 Å². The van der Waals surface area contributed by atoms with Gasteiger partial charge in [0.1, 0.15) is 0 Å². The Bertz CT molecular complexity index is 724. The number of hydrogen-bond acceptors (Lipinski definition) is 5. The molecule has 30 heavy (non-hydrogen) atoms. The van der Waals surface area contributed by atoms with Crippen LogP contribution in [0.5, 0.6) is 0 Å². The predicted octanol–water partition coefficient (Wildman–Crippen LogP) is 5.03. The Kier molecular flexibility index (Phi) is 8.11. The van der Waals surface area contributed by atoms with Gasteiger partial charge in [-0.1, -0.05) is 32.9 Å². The first-order valence-corrected chi connectivity index (χ1v) is 13.7. The van der Waals surface area contributed by atoms with E-state index in [1.54, 1.807) is 17.0 Å². The van der Waals surface area contributed by atoms with Crippen molar-refractivity contribution in [1.82, 2.24) is 4.90 Å². The van der Waals surface area contributed by atoms with Crippen molar-refractivity contribution in [2.45, 2.75) is 77.7 Å². The molecule has 1 fully saturated rings. The molecule has 1 aromatic rings. The van der Waals surface area contributed by atoms with Gasteiger partial charge in [0.05, 0.1) is 30.9 Å². The fourth-order valence-electron chi connectivity index (χ4n) is 2.98. The lowest BCUT2D eigenvalue weighted by atomic mass is 10.1. The summed E-state index contributed by atoms with van der Waals surface area (Å²) >= 11 is 0. The number of ether oxygens (including phenoxy) is 2. The number of esters is 1. The van der Waals surface area contributed by atoms with E-state index in [9.17, 15) is 9.59 Å². The topological polar surface area (TPSA) is 65.1 Å². The van der Waals surface area contributed by atoms with E-state index in [2.05, 4.69) is 33.9 Å². The van der Waals surface area contributed by atoms with Crippen LogP contribution in [0.3, 0.4) is 0 Å². The number of amides is 1. The summed E-state index contributed by atoms with van der Waals surface area (Å²) in [5.74, 6) is -0.320. The van der Waals surface area contributed by atoms with Crippen LogP contribution in [-0.2, 0) is 20.3 Å². The maximum atomic E-state index is 12.4. The van der Waals surface area contributed by atoms with E-state index < -0.39 is 8.32 Å². The molecule has 0 spiro atoms. The van der Waals surface area contributed by atoms with Gasteiger partial charge in [-0.05, 0) is 56.1 Å². The molecule has 6 nitrogen and oxygen atoms in total. The van der Waals surface area contributed by atoms with E-state index in [-0.39, 0.29) is 29.2 Å². The standard InChI is InChI=1S/C23H37NO5Si/c1-17(2)29-21(25)19-10-8-18(9-11-19)12-14-24-20(13-15-27-22(24)26)16-28-30(6,7)23(3,4)5/h8-11,17,20H,12-16H2,1-7H3/t20-/m1/s1. The zero-order valence-corrected chi connectivity index (χ0v) is 20.5. The third kappa shape index (κ3) is 6.57. The number of nitrogens with zero attached hydrogens (tertiary/aromatic N) is 1. The molecular formula is C23H37NO5Si. The van der Waals surface area contributed by atoms with Gasteiger partial charge in [0.2, 0.25) is 0 Å². The summed E-state index contributed by atoms with van der Waals surface area (Å²) in [6.07, 6.45) is 1.04. The molecule has 1 heterocycles. The van der Waals surface area contributed by atoms with E-state index in [4.69, 9.17) is 13.9 Å². The number of rotatable bonds is 8. The van der Waals surface area contributed by atoms with Crippen LogP contribution in [0.4, 0.5) is 4.79 Å². The van der Waals surface area contributed by atoms with Crippen LogP contribution in [0.25, 0.3) is 0 Å². The summed E-state index contributed by atoms with van der Waals surface area (Å²) in [5, 5.41) is 0.130. The quantitative estimate of drug-likeness (QED) is 0.423. The average Bonchev–Trinajstić information content (AvgIpc) is 2.64. The Labute approximate surface area is 182 Å². The minimum absolute atomic E-state index is 0.0284. The van der Waals surface area contributed by atoms with Crippen LogP contribution < -0.4 is 0 Å². The zero-order valence-electron chi connectivity index (χ0n) is 19.5. The van der Waals surface area contributed by atoms with Crippen LogP contribution in [0.2, 0.25) is 18.1 Å². The molecule has 1 aliphatic heterocycles. The fraction of sp³-hybridized carbons (Fsp3) is 0.652. The van der Waals surface area contributed by atoms with Crippen LogP contribution >= 0.6 is 0 Å². The van der Waals surface area contributed by atoms with Crippen molar-refractivity contribution in [1.29, 1.82) is 0 Å². The van der Waals surface area contributed by atoms with Gasteiger partial charge in [-0.15, -0.1) is 0 Å². The Morgan fingerprint density at radius 1 is 1.23 bits per heavy atom. The molecule has 1 aliphatic rings. The molecule has 1 aromatic carbocycles. The monoisotopic (exact) mass is 435 g/mol. The average molecular weight is 436 g/mol. The molecule has 1 atom stereocenters. The number of carbonyl (C=O) groups is 2. The smallest absolute Gasteiger partial charge is 0.410 e. The Morgan fingerprint density at radius 2 is 1.87 bits per heavy atom. The molecule has 0 N–H and O–H groups in total. The second kappa shape index (κ2) is 9.96. The number of benzene rings is 1. The normalized spacial score (nSPS) is 17.8. The maximum absolute atomic E-state index is 12.4. The maximum Gasteiger partial charge on any atom is 0.410 e. The number of carbonyl (C=O) groups excluding carboxylic acids is 2. The molecule has 7 heteroatoms. The summed E-state index contributed by atoms with van der Waals surface area (Å²) in [4.78, 5) is 26.2. The first-order valence-electron chi connectivity index (χ1n) is 10.8. The van der Waals surface area contributed by atoms with E-state index >= 15 is 0 Å². The highest BCUT2D eigenvalue weighted by Crippen LogP contribution is 2.37. The van der Waals surface area contributed by atoms with Gasteiger partial charge >= 0.3 is 12.1 Å². The molecule has 1 amide bonds. The SMILES string of the molecule is CC(C)OC(=O)c1ccc(CCN2C(=O)OCC[C@@H]2CO[Si](C)(C)C(C)(C)C)cc1. The summed E-state index contributed by atoms with van der Waals surface area (Å²) in [5.41, 5.74) is 1.59. The molecule has 1 saturated heterocycles. The van der Waals surface area contributed by atoms with Crippen molar-refractivity contribution in [2.75, 3.05) is 19.8 Å². The van der Waals surface area contributed by atoms with Crippen LogP contribution in [0.15, 0.2) is 24.3 Å². The number of cyclic esters (lactones) is 1. The largest absolute Gasteiger partial charge is 0.459 e. The first-order chi connectivity index (χ1) is 13.9. The zero-order chi connectivity index (χ0) is 22.5.